The molecule has 1 aromatic carbocycles. The molecule has 0 saturated carbocycles. The van der Waals surface area contributed by atoms with Crippen molar-refractivity contribution in [1.29, 1.82) is 0 Å². The summed E-state index contributed by atoms with van der Waals surface area (Å²) >= 11 is 3.37. The first kappa shape index (κ1) is 14.8. The summed E-state index contributed by atoms with van der Waals surface area (Å²) in [5, 5.41) is 0. The second kappa shape index (κ2) is 6.72. The number of pyridine rings is 1. The van der Waals surface area contributed by atoms with Crippen LogP contribution in [-0.4, -0.2) is 18.1 Å². The summed E-state index contributed by atoms with van der Waals surface area (Å²) in [6.07, 6.45) is 3.11. The van der Waals surface area contributed by atoms with Gasteiger partial charge in [0.15, 0.2) is 0 Å². The standard InChI is InChI=1S/C15H17BrN2O2/c1-10(17)15(11-4-3-5-13(6-11)19-2)20-14-7-12(16)8-18-9-14/h3-10,15H,17H2,1-2H3. The van der Waals surface area contributed by atoms with Crippen LogP contribution in [0, 0.1) is 0 Å². The van der Waals surface area contributed by atoms with Gasteiger partial charge in [-0.3, -0.25) is 4.98 Å². The summed E-state index contributed by atoms with van der Waals surface area (Å²) in [7, 11) is 1.64. The van der Waals surface area contributed by atoms with Gasteiger partial charge in [0.2, 0.25) is 0 Å². The van der Waals surface area contributed by atoms with Gasteiger partial charge in [-0.05, 0) is 46.6 Å². The molecule has 2 atom stereocenters. The molecule has 0 saturated heterocycles. The summed E-state index contributed by atoms with van der Waals surface area (Å²) in [6.45, 7) is 1.91. The predicted octanol–water partition coefficient (Wildman–Crippen LogP) is 3.32. The van der Waals surface area contributed by atoms with Gasteiger partial charge < -0.3 is 15.2 Å². The summed E-state index contributed by atoms with van der Waals surface area (Å²) < 4.78 is 12.1. The minimum atomic E-state index is -0.263. The smallest absolute Gasteiger partial charge is 0.139 e. The number of aromatic nitrogens is 1. The van der Waals surface area contributed by atoms with Gasteiger partial charge in [0.05, 0.1) is 13.3 Å². The Balaban J connectivity index is 2.27. The van der Waals surface area contributed by atoms with E-state index in [9.17, 15) is 0 Å². The molecule has 0 amide bonds. The van der Waals surface area contributed by atoms with E-state index in [4.69, 9.17) is 15.2 Å². The molecule has 2 rings (SSSR count). The topological polar surface area (TPSA) is 57.4 Å². The van der Waals surface area contributed by atoms with Crippen molar-refractivity contribution in [3.63, 3.8) is 0 Å². The molecule has 0 radical (unpaired) electrons. The second-order valence-electron chi connectivity index (χ2n) is 4.51. The monoisotopic (exact) mass is 336 g/mol. The second-order valence-corrected chi connectivity index (χ2v) is 5.43. The molecule has 0 aliphatic heterocycles. The SMILES string of the molecule is COc1cccc(C(Oc2cncc(Br)c2)C(C)N)c1. The van der Waals surface area contributed by atoms with Crippen LogP contribution in [0.3, 0.4) is 0 Å². The summed E-state index contributed by atoms with van der Waals surface area (Å²) in [5.74, 6) is 1.45. The Bertz CT molecular complexity index is 575. The quantitative estimate of drug-likeness (QED) is 0.909. The molecule has 1 heterocycles. The van der Waals surface area contributed by atoms with Crippen LogP contribution in [0.4, 0.5) is 0 Å². The summed E-state index contributed by atoms with van der Waals surface area (Å²) in [6, 6.07) is 9.42. The zero-order chi connectivity index (χ0) is 14.5. The van der Waals surface area contributed by atoms with Crippen LogP contribution in [0.25, 0.3) is 0 Å². The van der Waals surface area contributed by atoms with Crippen LogP contribution >= 0.6 is 15.9 Å². The Morgan fingerprint density at radius 3 is 2.65 bits per heavy atom. The van der Waals surface area contributed by atoms with Gasteiger partial charge in [-0.25, -0.2) is 0 Å². The number of ether oxygens (including phenoxy) is 2. The molecule has 4 nitrogen and oxygen atoms in total. The molecule has 2 N–H and O–H groups in total. The minimum Gasteiger partial charge on any atom is -0.497 e. The van der Waals surface area contributed by atoms with E-state index < -0.39 is 0 Å². The molecule has 5 heteroatoms. The highest BCUT2D eigenvalue weighted by Gasteiger charge is 2.19. The lowest BCUT2D eigenvalue weighted by atomic mass is 10.0. The molecule has 1 aromatic heterocycles. The number of benzene rings is 1. The van der Waals surface area contributed by atoms with Crippen LogP contribution in [0.1, 0.15) is 18.6 Å². The molecule has 0 fully saturated rings. The van der Waals surface area contributed by atoms with E-state index in [2.05, 4.69) is 20.9 Å². The van der Waals surface area contributed by atoms with E-state index >= 15 is 0 Å². The summed E-state index contributed by atoms with van der Waals surface area (Å²) in [5.41, 5.74) is 7.02. The molecular formula is C15H17BrN2O2. The maximum atomic E-state index is 6.05. The lowest BCUT2D eigenvalue weighted by Crippen LogP contribution is -2.29. The van der Waals surface area contributed by atoms with E-state index in [1.807, 2.05) is 37.3 Å². The van der Waals surface area contributed by atoms with Crippen LogP contribution in [0.15, 0.2) is 47.2 Å². The molecule has 0 spiro atoms. The van der Waals surface area contributed by atoms with Crippen molar-refractivity contribution >= 4 is 15.9 Å². The molecule has 0 aliphatic rings. The van der Waals surface area contributed by atoms with E-state index in [0.717, 1.165) is 15.8 Å². The number of halogens is 1. The van der Waals surface area contributed by atoms with E-state index in [0.29, 0.717) is 5.75 Å². The van der Waals surface area contributed by atoms with Gasteiger partial charge in [-0.2, -0.15) is 0 Å². The first-order chi connectivity index (χ1) is 9.60. The highest BCUT2D eigenvalue weighted by molar-refractivity contribution is 9.10. The lowest BCUT2D eigenvalue weighted by molar-refractivity contribution is 0.179. The largest absolute Gasteiger partial charge is 0.497 e. The molecular weight excluding hydrogens is 320 g/mol. The number of nitrogens with zero attached hydrogens (tertiary/aromatic N) is 1. The van der Waals surface area contributed by atoms with E-state index in [-0.39, 0.29) is 12.1 Å². The van der Waals surface area contributed by atoms with Gasteiger partial charge in [0, 0.05) is 16.7 Å². The molecule has 0 aliphatic carbocycles. The Morgan fingerprint density at radius 2 is 2.00 bits per heavy atom. The maximum absolute atomic E-state index is 6.05. The average molecular weight is 337 g/mol. The van der Waals surface area contributed by atoms with E-state index in [1.165, 1.54) is 0 Å². The van der Waals surface area contributed by atoms with Crippen molar-refractivity contribution in [3.05, 3.63) is 52.8 Å². The third-order valence-electron chi connectivity index (χ3n) is 2.84. The Morgan fingerprint density at radius 1 is 1.20 bits per heavy atom. The minimum absolute atomic E-state index is 0.166. The van der Waals surface area contributed by atoms with Gasteiger partial charge in [-0.15, -0.1) is 0 Å². The number of hydrogen-bond donors (Lipinski definition) is 1. The average Bonchev–Trinajstić information content (AvgIpc) is 2.44. The third kappa shape index (κ3) is 3.71. The lowest BCUT2D eigenvalue weighted by Gasteiger charge is -2.23. The number of rotatable bonds is 5. The Hall–Kier alpha value is -1.59. The number of methoxy groups -OCH3 is 1. The van der Waals surface area contributed by atoms with Crippen molar-refractivity contribution in [3.8, 4) is 11.5 Å². The zero-order valence-electron chi connectivity index (χ0n) is 11.4. The molecule has 106 valence electrons. The van der Waals surface area contributed by atoms with Crippen molar-refractivity contribution in [1.82, 2.24) is 4.98 Å². The van der Waals surface area contributed by atoms with Crippen LogP contribution < -0.4 is 15.2 Å². The molecule has 20 heavy (non-hydrogen) atoms. The van der Waals surface area contributed by atoms with Gasteiger partial charge in [0.1, 0.15) is 17.6 Å². The molecule has 2 unspecified atom stereocenters. The first-order valence-corrected chi connectivity index (χ1v) is 7.06. The Kier molecular flexibility index (Phi) is 4.98. The highest BCUT2D eigenvalue weighted by Crippen LogP contribution is 2.27. The van der Waals surface area contributed by atoms with Crippen molar-refractivity contribution in [2.24, 2.45) is 5.73 Å². The van der Waals surface area contributed by atoms with E-state index in [1.54, 1.807) is 19.5 Å². The highest BCUT2D eigenvalue weighted by atomic mass is 79.9. The normalized spacial score (nSPS) is 13.6. The molecule has 0 bridgehead atoms. The predicted molar refractivity (Wildman–Crippen MR) is 81.9 cm³/mol. The Labute approximate surface area is 127 Å². The third-order valence-corrected chi connectivity index (χ3v) is 3.28. The fraction of sp³-hybridized carbons (Fsp3) is 0.267. The first-order valence-electron chi connectivity index (χ1n) is 6.27. The maximum Gasteiger partial charge on any atom is 0.139 e. The van der Waals surface area contributed by atoms with Gasteiger partial charge in [0.25, 0.3) is 0 Å². The van der Waals surface area contributed by atoms with Gasteiger partial charge >= 0.3 is 0 Å². The fourth-order valence-electron chi connectivity index (χ4n) is 1.90. The number of nitrogens with two attached hydrogens (primary N) is 1. The van der Waals surface area contributed by atoms with Crippen LogP contribution in [-0.2, 0) is 0 Å². The number of hydrogen-bond acceptors (Lipinski definition) is 4. The summed E-state index contributed by atoms with van der Waals surface area (Å²) in [4.78, 5) is 4.09. The fourth-order valence-corrected chi connectivity index (χ4v) is 2.24. The van der Waals surface area contributed by atoms with Crippen LogP contribution in [0.5, 0.6) is 11.5 Å². The zero-order valence-corrected chi connectivity index (χ0v) is 13.0. The van der Waals surface area contributed by atoms with Crippen molar-refractivity contribution in [2.75, 3.05) is 7.11 Å². The van der Waals surface area contributed by atoms with Gasteiger partial charge in [-0.1, -0.05) is 12.1 Å². The molecule has 2 aromatic rings. The van der Waals surface area contributed by atoms with Crippen LogP contribution in [0.2, 0.25) is 0 Å². The van der Waals surface area contributed by atoms with Crippen molar-refractivity contribution in [2.45, 2.75) is 19.1 Å². The van der Waals surface area contributed by atoms with Crippen molar-refractivity contribution < 1.29 is 9.47 Å².